The second-order valence-electron chi connectivity index (χ2n) is 12.6. The highest BCUT2D eigenvalue weighted by Crippen LogP contribution is 2.37. The third-order valence-corrected chi connectivity index (χ3v) is 8.37. The van der Waals surface area contributed by atoms with Crippen molar-refractivity contribution in [3.63, 3.8) is 0 Å². The number of hydrogen-bond donors (Lipinski definition) is 3. The molecule has 2 aromatic heterocycles. The minimum Gasteiger partial charge on any atom is -0.490 e. The number of nitrogens with one attached hydrogen (secondary N) is 2. The molecule has 0 aliphatic heterocycles. The standard InChI is InChI=1S/C37H38ClN7O7S/c1-21(51-35(47)22(2)43-30(46)14-15-42-36(48)52-37(3,4)5)18-49-27-12-8-23(9-13-27)31-28(16-39)32(41)45-34(29(31)17-40)53-20-26-19-50-33(44-26)24-6-10-25(38)11-7-24/h6-13,19,21-22H,14-15,18,20H2,1-5H3,(H2,41,45)(H,42,48)(H,43,46)/t21-,22-/m0/s1. The summed E-state index contributed by atoms with van der Waals surface area (Å²) in [6.07, 6.45) is 0.152. The van der Waals surface area contributed by atoms with Crippen LogP contribution in [0.1, 0.15) is 57.9 Å². The summed E-state index contributed by atoms with van der Waals surface area (Å²) < 4.78 is 22.0. The number of carbonyl (C=O) groups excluding carboxylic acids is 3. The molecule has 0 saturated heterocycles. The number of amides is 2. The molecule has 0 unspecified atom stereocenters. The number of nitrogens with two attached hydrogens (primary N) is 1. The predicted octanol–water partition coefficient (Wildman–Crippen LogP) is 6.40. The molecule has 276 valence electrons. The van der Waals surface area contributed by atoms with Crippen molar-refractivity contribution in [2.24, 2.45) is 0 Å². The van der Waals surface area contributed by atoms with E-state index in [1.165, 1.54) is 24.9 Å². The van der Waals surface area contributed by atoms with Crippen LogP contribution in [-0.4, -0.2) is 58.8 Å². The number of nitrogens with zero attached hydrogens (tertiary/aromatic N) is 4. The molecule has 16 heteroatoms. The fraction of sp³-hybridized carbons (Fsp3) is 0.324. The SMILES string of the molecule is C[C@H](NC(=O)CCNC(=O)OC(C)(C)C)C(=O)O[C@@H](C)COc1ccc(-c2c(C#N)c(N)nc(SCc3coc(-c4ccc(Cl)cc4)n3)c2C#N)cc1. The number of nitriles is 2. The first kappa shape index (κ1) is 40.0. The molecule has 2 amide bonds. The smallest absolute Gasteiger partial charge is 0.407 e. The van der Waals surface area contributed by atoms with E-state index in [1.807, 2.05) is 0 Å². The van der Waals surface area contributed by atoms with Crippen LogP contribution in [0.15, 0.2) is 64.2 Å². The number of rotatable bonds is 14. The zero-order valence-corrected chi connectivity index (χ0v) is 31.3. The number of benzene rings is 2. The van der Waals surface area contributed by atoms with E-state index < -0.39 is 35.7 Å². The van der Waals surface area contributed by atoms with Crippen molar-refractivity contribution in [3.05, 3.63) is 76.6 Å². The monoisotopic (exact) mass is 759 g/mol. The van der Waals surface area contributed by atoms with Gasteiger partial charge in [-0.1, -0.05) is 35.5 Å². The van der Waals surface area contributed by atoms with Gasteiger partial charge in [0.15, 0.2) is 0 Å². The van der Waals surface area contributed by atoms with Crippen molar-refractivity contribution in [2.75, 3.05) is 18.9 Å². The van der Waals surface area contributed by atoms with Crippen molar-refractivity contribution >= 4 is 47.2 Å². The lowest BCUT2D eigenvalue weighted by molar-refractivity contribution is -0.153. The molecule has 0 bridgehead atoms. The van der Waals surface area contributed by atoms with E-state index in [1.54, 1.807) is 76.2 Å². The van der Waals surface area contributed by atoms with Gasteiger partial charge in [-0.2, -0.15) is 10.5 Å². The molecule has 53 heavy (non-hydrogen) atoms. The zero-order chi connectivity index (χ0) is 38.7. The van der Waals surface area contributed by atoms with E-state index >= 15 is 0 Å². The summed E-state index contributed by atoms with van der Waals surface area (Å²) in [6.45, 7) is 8.35. The molecule has 0 fully saturated rings. The lowest BCUT2D eigenvalue weighted by atomic mass is 9.97. The van der Waals surface area contributed by atoms with Crippen molar-refractivity contribution in [2.45, 2.75) is 69.6 Å². The first-order chi connectivity index (χ1) is 25.2. The molecule has 0 aliphatic rings. The molecule has 4 N–H and O–H groups in total. The van der Waals surface area contributed by atoms with Gasteiger partial charge in [0.25, 0.3) is 0 Å². The van der Waals surface area contributed by atoms with Crippen molar-refractivity contribution in [1.82, 2.24) is 20.6 Å². The Kier molecular flexibility index (Phi) is 13.7. The van der Waals surface area contributed by atoms with Crippen LogP contribution in [0.5, 0.6) is 5.75 Å². The number of oxazole rings is 1. The molecule has 14 nitrogen and oxygen atoms in total. The van der Waals surface area contributed by atoms with Crippen LogP contribution in [0, 0.1) is 22.7 Å². The lowest BCUT2D eigenvalue weighted by Gasteiger charge is -2.20. The third-order valence-electron chi connectivity index (χ3n) is 7.11. The number of nitrogen functional groups attached to an aromatic ring is 1. The molecular weight excluding hydrogens is 722 g/mol. The molecule has 0 aliphatic carbocycles. The topological polar surface area (TPSA) is 215 Å². The first-order valence-corrected chi connectivity index (χ1v) is 17.7. The average molecular weight is 760 g/mol. The van der Waals surface area contributed by atoms with Gasteiger partial charge in [-0.3, -0.25) is 4.79 Å². The fourth-order valence-corrected chi connectivity index (χ4v) is 5.66. The van der Waals surface area contributed by atoms with Gasteiger partial charge in [0, 0.05) is 34.9 Å². The van der Waals surface area contributed by atoms with E-state index in [0.717, 1.165) is 5.56 Å². The number of aromatic nitrogens is 2. The summed E-state index contributed by atoms with van der Waals surface area (Å²) >= 11 is 7.21. The van der Waals surface area contributed by atoms with Gasteiger partial charge in [-0.05, 0) is 76.6 Å². The summed E-state index contributed by atoms with van der Waals surface area (Å²) in [5.41, 5.74) is 8.01. The van der Waals surface area contributed by atoms with Crippen LogP contribution in [0.2, 0.25) is 5.02 Å². The number of alkyl carbamates (subject to hydrolysis) is 1. The summed E-state index contributed by atoms with van der Waals surface area (Å²) in [5.74, 6) is 0.0392. The van der Waals surface area contributed by atoms with Gasteiger partial charge < -0.3 is 35.0 Å². The van der Waals surface area contributed by atoms with Gasteiger partial charge in [0.05, 0.1) is 11.3 Å². The molecule has 4 aromatic rings. The molecule has 2 aromatic carbocycles. The van der Waals surface area contributed by atoms with Gasteiger partial charge in [0.1, 0.15) is 64.9 Å². The Morgan fingerprint density at radius 2 is 1.66 bits per heavy atom. The molecule has 4 rings (SSSR count). The highest BCUT2D eigenvalue weighted by atomic mass is 35.5. The Morgan fingerprint density at radius 3 is 2.30 bits per heavy atom. The maximum atomic E-state index is 12.5. The third kappa shape index (κ3) is 11.6. The number of ether oxygens (including phenoxy) is 3. The number of thioether (sulfide) groups is 1. The summed E-state index contributed by atoms with van der Waals surface area (Å²) in [4.78, 5) is 45.4. The fourth-order valence-electron chi connectivity index (χ4n) is 4.66. The number of hydrogen-bond acceptors (Lipinski definition) is 13. The number of halogens is 1. The predicted molar refractivity (Wildman–Crippen MR) is 198 cm³/mol. The van der Waals surface area contributed by atoms with E-state index in [9.17, 15) is 24.9 Å². The molecule has 0 radical (unpaired) electrons. The zero-order valence-electron chi connectivity index (χ0n) is 29.7. The highest BCUT2D eigenvalue weighted by molar-refractivity contribution is 7.98. The minimum absolute atomic E-state index is 0.00320. The van der Waals surface area contributed by atoms with Crippen LogP contribution < -0.4 is 21.1 Å². The Balaban J connectivity index is 1.33. The van der Waals surface area contributed by atoms with E-state index in [-0.39, 0.29) is 36.5 Å². The second kappa shape index (κ2) is 18.1. The summed E-state index contributed by atoms with van der Waals surface area (Å²) in [6, 6.07) is 17.0. The quantitative estimate of drug-likeness (QED) is 0.0938. The maximum Gasteiger partial charge on any atom is 0.407 e. The Morgan fingerprint density at radius 1 is 1.00 bits per heavy atom. The van der Waals surface area contributed by atoms with Gasteiger partial charge in [-0.15, -0.1) is 0 Å². The van der Waals surface area contributed by atoms with Crippen molar-refractivity contribution in [1.29, 1.82) is 10.5 Å². The summed E-state index contributed by atoms with van der Waals surface area (Å²) in [5, 5.41) is 26.1. The van der Waals surface area contributed by atoms with Crippen LogP contribution in [-0.2, 0) is 24.8 Å². The summed E-state index contributed by atoms with van der Waals surface area (Å²) in [7, 11) is 0. The van der Waals surface area contributed by atoms with E-state index in [0.29, 0.717) is 44.3 Å². The average Bonchev–Trinajstić information content (AvgIpc) is 3.58. The van der Waals surface area contributed by atoms with E-state index in [2.05, 4.69) is 32.7 Å². The Hall–Kier alpha value is -5.77. The van der Waals surface area contributed by atoms with Crippen LogP contribution in [0.4, 0.5) is 10.6 Å². The normalized spacial score (nSPS) is 12.1. The molecular formula is C37H38ClN7O7S. The van der Waals surface area contributed by atoms with Gasteiger partial charge in [0.2, 0.25) is 11.8 Å². The van der Waals surface area contributed by atoms with Crippen LogP contribution >= 0.6 is 23.4 Å². The lowest BCUT2D eigenvalue weighted by Crippen LogP contribution is -2.42. The Labute approximate surface area is 316 Å². The largest absolute Gasteiger partial charge is 0.490 e. The number of esters is 1. The number of pyridine rings is 1. The van der Waals surface area contributed by atoms with Gasteiger partial charge >= 0.3 is 12.1 Å². The van der Waals surface area contributed by atoms with Crippen molar-refractivity contribution < 1.29 is 33.0 Å². The number of carbonyl (C=O) groups is 3. The first-order valence-electron chi connectivity index (χ1n) is 16.3. The minimum atomic E-state index is -0.937. The Bertz CT molecular complexity index is 2020. The van der Waals surface area contributed by atoms with Crippen molar-refractivity contribution in [3.8, 4) is 40.5 Å². The molecule has 0 saturated carbocycles. The van der Waals surface area contributed by atoms with Crippen LogP contribution in [0.25, 0.3) is 22.6 Å². The second-order valence-corrected chi connectivity index (χ2v) is 14.0. The molecule has 2 heterocycles. The maximum absolute atomic E-state index is 12.5. The molecule has 0 spiro atoms. The highest BCUT2D eigenvalue weighted by Gasteiger charge is 2.23. The van der Waals surface area contributed by atoms with E-state index in [4.69, 9.17) is 36.0 Å². The van der Waals surface area contributed by atoms with Gasteiger partial charge in [-0.25, -0.2) is 19.6 Å². The van der Waals surface area contributed by atoms with Crippen LogP contribution in [0.3, 0.4) is 0 Å². The molecule has 2 atom stereocenters. The number of anilines is 1.